The third kappa shape index (κ3) is 88.9. The Labute approximate surface area is 676 Å². The molecule has 0 aliphatic rings. The van der Waals surface area contributed by atoms with E-state index in [-0.39, 0.29) is 0 Å². The van der Waals surface area contributed by atoms with Gasteiger partial charge in [0.05, 0.1) is 0 Å². The second-order valence-corrected chi connectivity index (χ2v) is 14.2. The lowest BCUT2D eigenvalue weighted by molar-refractivity contribution is 1.55. The van der Waals surface area contributed by atoms with E-state index in [0.717, 1.165) is 0 Å². The molecule has 0 fully saturated rings. The van der Waals surface area contributed by atoms with Crippen LogP contribution in [-0.2, 0) is 0 Å². The van der Waals surface area contributed by atoms with Crippen LogP contribution in [0, 0.1) is 674 Å². The lowest BCUT2D eigenvalue weighted by Gasteiger charge is -1.58. The Bertz CT molecular complexity index is 8130. The van der Waals surface area contributed by atoms with Crippen LogP contribution in [0.25, 0.3) is 0 Å². The first-order valence-corrected chi connectivity index (χ1v) is 28.7. The smallest absolute Gasteiger partial charge is 0.153 e. The molecule has 0 saturated carbocycles. The van der Waals surface area contributed by atoms with Crippen LogP contribution in [0.2, 0.25) is 0 Å². The van der Waals surface area contributed by atoms with Crippen molar-refractivity contribution in [2.75, 3.05) is 0 Å². The predicted octanol–water partition coefficient (Wildman–Crippen LogP) is 0.720. The summed E-state index contributed by atoms with van der Waals surface area (Å²) in [5.41, 5.74) is 0. The number of hydrogen-bond donors (Lipinski definition) is 0. The Morgan fingerprint density at radius 1 is 0.0696 bits per heavy atom. The Hall–Kier alpha value is -25.1. The highest BCUT2D eigenvalue weighted by molar-refractivity contribution is 5.57. The van der Waals surface area contributed by atoms with Gasteiger partial charge < -0.3 is 0 Å². The zero-order valence-electron chi connectivity index (χ0n) is 57.9. The summed E-state index contributed by atoms with van der Waals surface area (Å²) in [6.07, 6.45) is 0. The van der Waals surface area contributed by atoms with Gasteiger partial charge in [-0.1, -0.05) is 5.92 Å². The summed E-state index contributed by atoms with van der Waals surface area (Å²) >= 11 is 0. The van der Waals surface area contributed by atoms with E-state index in [9.17, 15) is 0 Å². The molecule has 0 amide bonds. The molecular formula is C114H3N. The largest absolute Gasteiger partial charge is 0.183 e. The van der Waals surface area contributed by atoms with Gasteiger partial charge in [-0.15, -0.1) is 0 Å². The Kier molecular flexibility index (Phi) is 69.4. The molecular weight excluding hydrogens is 1380 g/mol. The highest BCUT2D eigenvalue weighted by Crippen LogP contribution is 1.69. The molecule has 0 bridgehead atoms. The Balaban J connectivity index is 4.65. The lowest BCUT2D eigenvalue weighted by atomic mass is 10.4. The summed E-state index contributed by atoms with van der Waals surface area (Å²) in [6, 6.07) is 1.63. The molecule has 0 spiro atoms. The number of hydrogen-bond acceptors (Lipinski definition) is 1. The van der Waals surface area contributed by atoms with Gasteiger partial charge in [-0.25, -0.2) is 0 Å². The highest BCUT2D eigenvalue weighted by atomic mass is 14.2. The molecule has 464 valence electrons. The monoisotopic (exact) mass is 1390 g/mol. The molecule has 0 aromatic carbocycles. The predicted molar refractivity (Wildman–Crippen MR) is 447 cm³/mol. The van der Waals surface area contributed by atoms with Crippen LogP contribution in [0.15, 0.2) is 0 Å². The van der Waals surface area contributed by atoms with Crippen molar-refractivity contribution >= 4 is 0 Å². The van der Waals surface area contributed by atoms with Crippen LogP contribution in [0.3, 0.4) is 0 Å². The molecule has 0 aromatic heterocycles. The van der Waals surface area contributed by atoms with Gasteiger partial charge in [-0.05, 0) is 54.3 Å². The van der Waals surface area contributed by atoms with Crippen molar-refractivity contribution in [3.05, 3.63) is 0 Å². The third-order valence-electron chi connectivity index (χ3n) is 7.06. The van der Waals surface area contributed by atoms with Gasteiger partial charge in [0.15, 0.2) is 6.07 Å². The number of rotatable bonds is 0. The molecule has 0 aliphatic carbocycles. The highest BCUT2D eigenvalue weighted by Gasteiger charge is 1.69. The van der Waals surface area contributed by atoms with Gasteiger partial charge in [0.25, 0.3) is 0 Å². The third-order valence-corrected chi connectivity index (χ3v) is 7.06. The summed E-state index contributed by atoms with van der Waals surface area (Å²) in [4.78, 5) is 0. The molecule has 0 unspecified atom stereocenters. The first-order valence-electron chi connectivity index (χ1n) is 28.7. The van der Waals surface area contributed by atoms with Crippen molar-refractivity contribution in [2.24, 2.45) is 0 Å². The van der Waals surface area contributed by atoms with E-state index < -0.39 is 0 Å². The summed E-state index contributed by atoms with van der Waals surface area (Å²) in [5, 5.41) is 8.23. The van der Waals surface area contributed by atoms with Gasteiger partial charge in [0, 0.05) is 610 Å². The van der Waals surface area contributed by atoms with Crippen molar-refractivity contribution in [3.63, 3.8) is 0 Å². The molecule has 115 heavy (non-hydrogen) atoms. The van der Waals surface area contributed by atoms with Gasteiger partial charge in [-0.2, -0.15) is 5.26 Å². The number of nitrogens with zero attached hydrogens (tertiary/aromatic N) is 1. The second-order valence-electron chi connectivity index (χ2n) is 14.2. The topological polar surface area (TPSA) is 23.8 Å². The normalized spacial score (nSPS) is 3.97. The number of nitriles is 1. The zero-order chi connectivity index (χ0) is 81.9. The fraction of sp³-hybridized carbons (Fsp3) is 0.00877. The van der Waals surface area contributed by atoms with Gasteiger partial charge in [0.1, 0.15) is 0 Å². The molecule has 0 heterocycles. The SMILES string of the molecule is CC#CC#CC#CC#CC#CC#CC#CC#CC#CC#CC#CC#CC#CC#CC#CC#CC#CC#CC#CC#CC#CC#CC#CC#CC#CC#CC#CC#CC#CC#CC#CC#CC#CC#CC#CC#CC#CC#CC#CC#CC#CC#CC#CC#CC#CC#CC#CC#CC#CC#CC#CC#CC#CC#CC#CC#CC#N. The van der Waals surface area contributed by atoms with E-state index in [1.54, 1.807) is 13.0 Å². The van der Waals surface area contributed by atoms with E-state index in [0.29, 0.717) is 0 Å². The molecule has 1 heteroatoms. The maximum absolute atomic E-state index is 8.23. The first-order chi connectivity index (χ1) is 57.4. The standard InChI is InChI=1S/C114H3N/c1-2-3-4-5-6-7-8-9-10-11-12-13-14-15-16-17-18-19-20-21-22-23-24-25-26-27-28-29-30-31-32-33-34-35-36-37-38-39-40-41-42-43-44-45-46-47-48-49-50-51-52-53-54-55-56-57-58-59-60-61-62-63-64-65-66-67-68-69-70-71-72-73-74-75-76-77-78-79-80-81-82-83-84-85-86-87-88-89-90-91-92-93-94-95-96-97-98-99-100-101-102-103-104-105-106-107-108-109-110-111-112-113-114-115/h1H3. The summed E-state index contributed by atoms with van der Waals surface area (Å²) < 4.78 is 0. The average molecular weight is 1390 g/mol. The Morgan fingerprint density at radius 2 is 0.113 bits per heavy atom. The minimum absolute atomic E-state index is 1.63. The maximum atomic E-state index is 8.23. The minimum Gasteiger partial charge on any atom is -0.183 e. The second kappa shape index (κ2) is 88.9. The molecule has 0 aromatic rings. The molecule has 0 saturated heterocycles. The summed E-state index contributed by atoms with van der Waals surface area (Å²) in [6.45, 7) is 1.68. The fourth-order valence-corrected chi connectivity index (χ4v) is 3.50. The minimum atomic E-state index is 1.63. The van der Waals surface area contributed by atoms with E-state index in [2.05, 4.69) is 663 Å². The van der Waals surface area contributed by atoms with Gasteiger partial charge in [0.2, 0.25) is 0 Å². The van der Waals surface area contributed by atoms with Crippen LogP contribution in [0.5, 0.6) is 0 Å². The molecule has 0 radical (unpaired) electrons. The van der Waals surface area contributed by atoms with Gasteiger partial charge >= 0.3 is 0 Å². The average Bonchev–Trinajstić information content (AvgIpc) is 2.89. The molecule has 0 aliphatic heterocycles. The quantitative estimate of drug-likeness (QED) is 0.329. The van der Waals surface area contributed by atoms with E-state index in [4.69, 9.17) is 5.26 Å². The summed E-state index contributed by atoms with van der Waals surface area (Å²) in [7, 11) is 0. The van der Waals surface area contributed by atoms with Crippen molar-refractivity contribution < 1.29 is 0 Å². The zero-order valence-corrected chi connectivity index (χ0v) is 57.9. The van der Waals surface area contributed by atoms with Crippen molar-refractivity contribution in [1.29, 1.82) is 5.26 Å². The van der Waals surface area contributed by atoms with Crippen LogP contribution in [0.4, 0.5) is 0 Å². The maximum Gasteiger partial charge on any atom is 0.153 e. The molecule has 0 N–H and O–H groups in total. The van der Waals surface area contributed by atoms with E-state index in [1.807, 2.05) is 0 Å². The molecule has 1 nitrogen and oxygen atoms in total. The fourth-order valence-electron chi connectivity index (χ4n) is 3.50. The molecule has 0 rings (SSSR count). The summed E-state index contributed by atoms with van der Waals surface area (Å²) in [5.74, 6) is 279. The van der Waals surface area contributed by atoms with E-state index >= 15 is 0 Å². The first kappa shape index (κ1) is 89.9. The van der Waals surface area contributed by atoms with Crippen molar-refractivity contribution in [1.82, 2.24) is 0 Å². The molecule has 0 atom stereocenters. The van der Waals surface area contributed by atoms with Crippen LogP contribution >= 0.6 is 0 Å². The van der Waals surface area contributed by atoms with Crippen LogP contribution in [-0.4, -0.2) is 0 Å². The van der Waals surface area contributed by atoms with Crippen molar-refractivity contribution in [3.8, 4) is 669 Å². The van der Waals surface area contributed by atoms with Crippen molar-refractivity contribution in [2.45, 2.75) is 6.92 Å². The van der Waals surface area contributed by atoms with Crippen LogP contribution < -0.4 is 0 Å². The van der Waals surface area contributed by atoms with E-state index in [1.165, 1.54) is 0 Å². The van der Waals surface area contributed by atoms with Crippen LogP contribution in [0.1, 0.15) is 6.92 Å². The Morgan fingerprint density at radius 3 is 0.157 bits per heavy atom. The lowest BCUT2D eigenvalue weighted by Crippen LogP contribution is -1.57. The van der Waals surface area contributed by atoms with Gasteiger partial charge in [-0.3, -0.25) is 0 Å².